The molecule has 0 aliphatic carbocycles. The molecule has 2 rings (SSSR count). The molecule has 0 fully saturated rings. The highest BCUT2D eigenvalue weighted by atomic mass is 32.1. The molecule has 0 aliphatic heterocycles. The minimum atomic E-state index is 0.0473. The fraction of sp³-hybridized carbons (Fsp3) is 0.333. The Hall–Kier alpha value is -1.42. The quantitative estimate of drug-likeness (QED) is 0.810. The molecule has 16 heavy (non-hydrogen) atoms. The maximum atomic E-state index is 5.73. The largest absolute Gasteiger partial charge is 0.393 e. The average Bonchev–Trinajstić information content (AvgIpc) is 2.54. The van der Waals surface area contributed by atoms with Gasteiger partial charge in [-0.05, 0) is 26.0 Å². The number of hydrogen-bond acceptors (Lipinski definition) is 2. The minimum absolute atomic E-state index is 0.0473. The zero-order valence-corrected chi connectivity index (χ0v) is 10.5. The third-order valence-electron chi connectivity index (χ3n) is 2.90. The van der Waals surface area contributed by atoms with Gasteiger partial charge in [-0.1, -0.05) is 25.2 Å². The Labute approximate surface area is 100 Å². The van der Waals surface area contributed by atoms with Gasteiger partial charge >= 0.3 is 0 Å². The minimum Gasteiger partial charge on any atom is -0.393 e. The monoisotopic (exact) mass is 233 g/mol. The van der Waals surface area contributed by atoms with E-state index >= 15 is 0 Å². The molecule has 0 aliphatic rings. The van der Waals surface area contributed by atoms with Crippen molar-refractivity contribution in [3.05, 3.63) is 35.3 Å². The molecule has 0 bridgehead atoms. The standard InChI is InChI=1S/C12H15N3S/c1-7-5-4-6-10-14-9(3)11(15(7)10)8(2)12(13)16/h4-6,8H,1-3H3,(H2,13,16). The van der Waals surface area contributed by atoms with Crippen LogP contribution in [0.4, 0.5) is 0 Å². The van der Waals surface area contributed by atoms with Gasteiger partial charge in [-0.15, -0.1) is 0 Å². The van der Waals surface area contributed by atoms with Crippen molar-refractivity contribution in [1.82, 2.24) is 9.38 Å². The van der Waals surface area contributed by atoms with E-state index in [1.54, 1.807) is 0 Å². The van der Waals surface area contributed by atoms with Crippen LogP contribution in [0.1, 0.15) is 29.9 Å². The summed E-state index contributed by atoms with van der Waals surface area (Å²) in [6.07, 6.45) is 0. The number of fused-ring (bicyclic) bond motifs is 1. The van der Waals surface area contributed by atoms with E-state index in [1.807, 2.05) is 26.0 Å². The Morgan fingerprint density at radius 3 is 2.75 bits per heavy atom. The summed E-state index contributed by atoms with van der Waals surface area (Å²) in [4.78, 5) is 5.03. The number of thiocarbonyl (C=S) groups is 1. The summed E-state index contributed by atoms with van der Waals surface area (Å²) in [5.41, 5.74) is 9.92. The molecule has 2 aromatic rings. The lowest BCUT2D eigenvalue weighted by molar-refractivity contribution is 0.893. The van der Waals surface area contributed by atoms with E-state index in [1.165, 1.54) is 0 Å². The number of aromatic nitrogens is 2. The first-order chi connectivity index (χ1) is 7.52. The van der Waals surface area contributed by atoms with Crippen LogP contribution in [0, 0.1) is 13.8 Å². The van der Waals surface area contributed by atoms with Crippen molar-refractivity contribution < 1.29 is 0 Å². The van der Waals surface area contributed by atoms with Gasteiger partial charge in [0.15, 0.2) is 0 Å². The number of nitrogens with two attached hydrogens (primary N) is 1. The predicted octanol–water partition coefficient (Wildman–Crippen LogP) is 2.34. The fourth-order valence-electron chi connectivity index (χ4n) is 2.04. The summed E-state index contributed by atoms with van der Waals surface area (Å²) < 4.78 is 2.12. The average molecular weight is 233 g/mol. The predicted molar refractivity (Wildman–Crippen MR) is 69.9 cm³/mol. The number of pyridine rings is 1. The molecule has 2 N–H and O–H groups in total. The fourth-order valence-corrected chi connectivity index (χ4v) is 2.15. The molecule has 84 valence electrons. The van der Waals surface area contributed by atoms with E-state index in [-0.39, 0.29) is 5.92 Å². The number of rotatable bonds is 2. The van der Waals surface area contributed by atoms with Crippen LogP contribution in [0.25, 0.3) is 5.65 Å². The van der Waals surface area contributed by atoms with Gasteiger partial charge in [-0.2, -0.15) is 0 Å². The van der Waals surface area contributed by atoms with Crippen molar-refractivity contribution in [3.63, 3.8) is 0 Å². The normalized spacial score (nSPS) is 12.9. The molecule has 0 amide bonds. The van der Waals surface area contributed by atoms with E-state index in [4.69, 9.17) is 18.0 Å². The van der Waals surface area contributed by atoms with Crippen LogP contribution in [-0.4, -0.2) is 14.4 Å². The van der Waals surface area contributed by atoms with Gasteiger partial charge in [0.2, 0.25) is 0 Å². The SMILES string of the molecule is Cc1nc2cccc(C)n2c1C(C)C(N)=S. The van der Waals surface area contributed by atoms with Gasteiger partial charge in [-0.3, -0.25) is 0 Å². The highest BCUT2D eigenvalue weighted by molar-refractivity contribution is 7.80. The molecule has 2 aromatic heterocycles. The molecular weight excluding hydrogens is 218 g/mol. The molecule has 2 heterocycles. The zero-order valence-electron chi connectivity index (χ0n) is 9.69. The van der Waals surface area contributed by atoms with Crippen molar-refractivity contribution in [2.45, 2.75) is 26.7 Å². The summed E-state index contributed by atoms with van der Waals surface area (Å²) in [6.45, 7) is 6.08. The van der Waals surface area contributed by atoms with Gasteiger partial charge in [-0.25, -0.2) is 4.98 Å². The van der Waals surface area contributed by atoms with E-state index in [0.717, 1.165) is 22.7 Å². The molecule has 4 heteroatoms. The van der Waals surface area contributed by atoms with Gasteiger partial charge in [0.1, 0.15) is 5.65 Å². The molecule has 0 radical (unpaired) electrons. The molecule has 0 saturated heterocycles. The molecule has 3 nitrogen and oxygen atoms in total. The topological polar surface area (TPSA) is 43.3 Å². The molecule has 0 aromatic carbocycles. The maximum absolute atomic E-state index is 5.73. The smallest absolute Gasteiger partial charge is 0.137 e. The first-order valence-corrected chi connectivity index (χ1v) is 5.67. The molecule has 0 saturated carbocycles. The highest BCUT2D eigenvalue weighted by Gasteiger charge is 2.18. The van der Waals surface area contributed by atoms with Crippen LogP contribution in [0.2, 0.25) is 0 Å². The number of imidazole rings is 1. The summed E-state index contributed by atoms with van der Waals surface area (Å²) in [7, 11) is 0. The summed E-state index contributed by atoms with van der Waals surface area (Å²) in [5.74, 6) is 0.0473. The Morgan fingerprint density at radius 1 is 1.44 bits per heavy atom. The van der Waals surface area contributed by atoms with Crippen LogP contribution in [-0.2, 0) is 0 Å². The lowest BCUT2D eigenvalue weighted by Gasteiger charge is -2.12. The molecule has 0 spiro atoms. The van der Waals surface area contributed by atoms with Crippen LogP contribution in [0.5, 0.6) is 0 Å². The Morgan fingerprint density at radius 2 is 2.12 bits per heavy atom. The van der Waals surface area contributed by atoms with Crippen molar-refractivity contribution in [2.75, 3.05) is 0 Å². The highest BCUT2D eigenvalue weighted by Crippen LogP contribution is 2.22. The zero-order chi connectivity index (χ0) is 11.9. The lowest BCUT2D eigenvalue weighted by Crippen LogP contribution is -2.19. The van der Waals surface area contributed by atoms with Crippen LogP contribution >= 0.6 is 12.2 Å². The number of aryl methyl sites for hydroxylation is 2. The van der Waals surface area contributed by atoms with Crippen LogP contribution in [0.15, 0.2) is 18.2 Å². The number of hydrogen-bond donors (Lipinski definition) is 1. The Bertz CT molecular complexity index is 557. The van der Waals surface area contributed by atoms with E-state index in [0.29, 0.717) is 4.99 Å². The first kappa shape index (κ1) is 11.1. The van der Waals surface area contributed by atoms with Crippen molar-refractivity contribution in [3.8, 4) is 0 Å². The van der Waals surface area contributed by atoms with Crippen molar-refractivity contribution >= 4 is 22.9 Å². The summed E-state index contributed by atoms with van der Waals surface area (Å²) in [6, 6.07) is 6.06. The Balaban J connectivity index is 2.77. The van der Waals surface area contributed by atoms with Gasteiger partial charge in [0.25, 0.3) is 0 Å². The van der Waals surface area contributed by atoms with Crippen LogP contribution in [0.3, 0.4) is 0 Å². The second-order valence-corrected chi connectivity index (χ2v) is 4.54. The van der Waals surface area contributed by atoms with Gasteiger partial charge in [0.05, 0.1) is 16.4 Å². The third kappa shape index (κ3) is 1.59. The molecule has 1 unspecified atom stereocenters. The Kier molecular flexibility index (Phi) is 2.68. The van der Waals surface area contributed by atoms with Gasteiger partial charge < -0.3 is 10.1 Å². The summed E-state index contributed by atoms with van der Waals surface area (Å²) >= 11 is 5.07. The maximum Gasteiger partial charge on any atom is 0.137 e. The van der Waals surface area contributed by atoms with Gasteiger partial charge in [0, 0.05) is 11.6 Å². The number of nitrogens with zero attached hydrogens (tertiary/aromatic N) is 2. The van der Waals surface area contributed by atoms with E-state index in [2.05, 4.69) is 22.4 Å². The van der Waals surface area contributed by atoms with Crippen molar-refractivity contribution in [1.29, 1.82) is 0 Å². The van der Waals surface area contributed by atoms with Crippen molar-refractivity contribution in [2.24, 2.45) is 5.73 Å². The molecular formula is C12H15N3S. The van der Waals surface area contributed by atoms with E-state index in [9.17, 15) is 0 Å². The second-order valence-electron chi connectivity index (χ2n) is 4.07. The van der Waals surface area contributed by atoms with E-state index < -0.39 is 0 Å². The van der Waals surface area contributed by atoms with Crippen LogP contribution < -0.4 is 5.73 Å². The third-order valence-corrected chi connectivity index (χ3v) is 3.25. The second kappa shape index (κ2) is 3.87. The first-order valence-electron chi connectivity index (χ1n) is 5.26. The summed E-state index contributed by atoms with van der Waals surface area (Å²) in [5, 5.41) is 0. The molecule has 1 atom stereocenters. The lowest BCUT2D eigenvalue weighted by atomic mass is 10.1.